The number of nitrogens with zero attached hydrogens (tertiary/aromatic N) is 2. The number of hydrogen-bond donors (Lipinski definition) is 1. The molecule has 3 rings (SSSR count). The Morgan fingerprint density at radius 1 is 1.35 bits per heavy atom. The quantitative estimate of drug-likeness (QED) is 0.905. The molecule has 1 aliphatic carbocycles. The first-order valence-corrected chi connectivity index (χ1v) is 7.30. The lowest BCUT2D eigenvalue weighted by Crippen LogP contribution is -2.36. The molecule has 0 amide bonds. The van der Waals surface area contributed by atoms with Crippen LogP contribution in [0.4, 0.5) is 5.82 Å². The van der Waals surface area contributed by atoms with Crippen LogP contribution in [0.3, 0.4) is 0 Å². The van der Waals surface area contributed by atoms with Crippen molar-refractivity contribution in [3.63, 3.8) is 0 Å². The number of pyridine rings is 1. The number of aromatic nitrogens is 1. The molecule has 0 aliphatic heterocycles. The zero-order chi connectivity index (χ0) is 14.0. The number of nitriles is 1. The fraction of sp³-hybridized carbons (Fsp3) is 0.412. The van der Waals surface area contributed by atoms with Crippen LogP contribution in [0.15, 0.2) is 30.3 Å². The van der Waals surface area contributed by atoms with Crippen LogP contribution < -0.4 is 5.32 Å². The molecule has 0 bridgehead atoms. The van der Waals surface area contributed by atoms with Gasteiger partial charge in [0.15, 0.2) is 0 Å². The monoisotopic (exact) mass is 265 g/mol. The molecule has 0 radical (unpaired) electrons. The van der Waals surface area contributed by atoms with Gasteiger partial charge in [-0.3, -0.25) is 0 Å². The average Bonchev–Trinajstić information content (AvgIpc) is 2.45. The van der Waals surface area contributed by atoms with Crippen LogP contribution in [-0.2, 0) is 0 Å². The molecule has 1 aromatic carbocycles. The molecule has 0 atom stereocenters. The first-order chi connectivity index (χ1) is 9.76. The second kappa shape index (κ2) is 5.13. The van der Waals surface area contributed by atoms with Crippen molar-refractivity contribution >= 4 is 16.7 Å². The van der Waals surface area contributed by atoms with Crippen LogP contribution in [-0.4, -0.2) is 11.5 Å². The Balaban J connectivity index is 1.88. The van der Waals surface area contributed by atoms with Crippen LogP contribution in [0.5, 0.6) is 0 Å². The third-order valence-electron chi connectivity index (χ3n) is 4.64. The molecule has 0 saturated heterocycles. The predicted octanol–water partition coefficient (Wildman–Crippen LogP) is 4.10. The number of benzene rings is 1. The summed E-state index contributed by atoms with van der Waals surface area (Å²) in [7, 11) is 0. The van der Waals surface area contributed by atoms with E-state index >= 15 is 0 Å². The van der Waals surface area contributed by atoms with Crippen molar-refractivity contribution in [2.75, 3.05) is 11.9 Å². The number of nitrogens with one attached hydrogen (secondary N) is 1. The number of para-hydroxylation sites is 1. The van der Waals surface area contributed by atoms with Crippen molar-refractivity contribution in [1.29, 1.82) is 5.26 Å². The third kappa shape index (κ3) is 2.22. The zero-order valence-electron chi connectivity index (χ0n) is 11.8. The van der Waals surface area contributed by atoms with Gasteiger partial charge in [-0.15, -0.1) is 0 Å². The van der Waals surface area contributed by atoms with Gasteiger partial charge < -0.3 is 5.32 Å². The van der Waals surface area contributed by atoms with E-state index < -0.39 is 0 Å². The minimum absolute atomic E-state index is 0.417. The van der Waals surface area contributed by atoms with Gasteiger partial charge >= 0.3 is 0 Å². The van der Waals surface area contributed by atoms with Gasteiger partial charge in [-0.2, -0.15) is 5.26 Å². The first kappa shape index (κ1) is 12.9. The Kier molecular flexibility index (Phi) is 3.31. The highest BCUT2D eigenvalue weighted by Gasteiger charge is 2.34. The molecule has 1 aliphatic rings. The van der Waals surface area contributed by atoms with Gasteiger partial charge in [-0.25, -0.2) is 4.98 Å². The van der Waals surface area contributed by atoms with E-state index in [1.807, 2.05) is 30.3 Å². The highest BCUT2D eigenvalue weighted by atomic mass is 15.0. The molecular formula is C17H19N3. The Hall–Kier alpha value is -2.08. The lowest BCUT2D eigenvalue weighted by Gasteiger charge is -2.41. The number of fused-ring (bicyclic) bond motifs is 1. The molecule has 3 nitrogen and oxygen atoms in total. The maximum absolute atomic E-state index is 9.31. The van der Waals surface area contributed by atoms with Gasteiger partial charge in [0.2, 0.25) is 0 Å². The van der Waals surface area contributed by atoms with Crippen molar-refractivity contribution in [2.45, 2.75) is 32.6 Å². The Bertz CT molecular complexity index is 660. The summed E-state index contributed by atoms with van der Waals surface area (Å²) < 4.78 is 0. The average molecular weight is 265 g/mol. The van der Waals surface area contributed by atoms with Crippen LogP contribution in [0.25, 0.3) is 10.9 Å². The molecule has 0 spiro atoms. The number of anilines is 1. The van der Waals surface area contributed by atoms with E-state index in [2.05, 4.69) is 23.3 Å². The van der Waals surface area contributed by atoms with Crippen molar-refractivity contribution in [3.8, 4) is 6.07 Å². The summed E-state index contributed by atoms with van der Waals surface area (Å²) in [6, 6.07) is 12.1. The SMILES string of the molecule is CCC1(CNc2nc3ccccc3cc2C#N)CCC1. The highest BCUT2D eigenvalue weighted by Crippen LogP contribution is 2.43. The van der Waals surface area contributed by atoms with Crippen molar-refractivity contribution in [2.24, 2.45) is 5.41 Å². The van der Waals surface area contributed by atoms with Gasteiger partial charge in [-0.1, -0.05) is 31.5 Å². The zero-order valence-corrected chi connectivity index (χ0v) is 11.8. The van der Waals surface area contributed by atoms with Gasteiger partial charge in [0.1, 0.15) is 11.9 Å². The van der Waals surface area contributed by atoms with Gasteiger partial charge in [-0.05, 0) is 36.8 Å². The van der Waals surface area contributed by atoms with Crippen molar-refractivity contribution < 1.29 is 0 Å². The summed E-state index contributed by atoms with van der Waals surface area (Å²) in [6.45, 7) is 3.17. The lowest BCUT2D eigenvalue weighted by molar-refractivity contribution is 0.145. The van der Waals surface area contributed by atoms with Gasteiger partial charge in [0.25, 0.3) is 0 Å². The summed E-state index contributed by atoms with van der Waals surface area (Å²) in [6.07, 6.45) is 5.08. The molecular weight excluding hydrogens is 246 g/mol. The van der Waals surface area contributed by atoms with Gasteiger partial charge in [0.05, 0.1) is 11.1 Å². The smallest absolute Gasteiger partial charge is 0.144 e. The minimum Gasteiger partial charge on any atom is -0.368 e. The number of rotatable bonds is 4. The first-order valence-electron chi connectivity index (χ1n) is 7.30. The molecule has 1 saturated carbocycles. The topological polar surface area (TPSA) is 48.7 Å². The van der Waals surface area contributed by atoms with E-state index in [1.54, 1.807) is 0 Å². The highest BCUT2D eigenvalue weighted by molar-refractivity contribution is 5.82. The van der Waals surface area contributed by atoms with Crippen LogP contribution in [0.2, 0.25) is 0 Å². The Morgan fingerprint density at radius 3 is 2.80 bits per heavy atom. The summed E-state index contributed by atoms with van der Waals surface area (Å²) in [5.41, 5.74) is 1.99. The minimum atomic E-state index is 0.417. The van der Waals surface area contributed by atoms with E-state index in [1.165, 1.54) is 25.7 Å². The van der Waals surface area contributed by atoms with Gasteiger partial charge in [0, 0.05) is 11.9 Å². The van der Waals surface area contributed by atoms with E-state index in [-0.39, 0.29) is 0 Å². The van der Waals surface area contributed by atoms with E-state index in [9.17, 15) is 5.26 Å². The second-order valence-corrected chi connectivity index (χ2v) is 5.75. The molecule has 1 fully saturated rings. The Labute approximate surface area is 119 Å². The predicted molar refractivity (Wildman–Crippen MR) is 81.5 cm³/mol. The third-order valence-corrected chi connectivity index (χ3v) is 4.64. The molecule has 3 heteroatoms. The van der Waals surface area contributed by atoms with Crippen LogP contribution >= 0.6 is 0 Å². The second-order valence-electron chi connectivity index (χ2n) is 5.75. The molecule has 0 unspecified atom stereocenters. The maximum Gasteiger partial charge on any atom is 0.144 e. The molecule has 1 N–H and O–H groups in total. The van der Waals surface area contributed by atoms with Crippen molar-refractivity contribution in [3.05, 3.63) is 35.9 Å². The molecule has 102 valence electrons. The molecule has 1 heterocycles. The maximum atomic E-state index is 9.31. The summed E-state index contributed by atoms with van der Waals surface area (Å²) >= 11 is 0. The fourth-order valence-electron chi connectivity index (χ4n) is 2.94. The summed E-state index contributed by atoms with van der Waals surface area (Å²) in [5.74, 6) is 0.728. The van der Waals surface area contributed by atoms with Crippen molar-refractivity contribution in [1.82, 2.24) is 4.98 Å². The fourth-order valence-corrected chi connectivity index (χ4v) is 2.94. The molecule has 2 aromatic rings. The van der Waals surface area contributed by atoms with E-state index in [0.717, 1.165) is 23.3 Å². The number of hydrogen-bond acceptors (Lipinski definition) is 3. The Morgan fingerprint density at radius 2 is 2.15 bits per heavy atom. The summed E-state index contributed by atoms with van der Waals surface area (Å²) in [4.78, 5) is 4.61. The van der Waals surface area contributed by atoms with E-state index in [4.69, 9.17) is 0 Å². The summed E-state index contributed by atoms with van der Waals surface area (Å²) in [5, 5.41) is 13.7. The lowest BCUT2D eigenvalue weighted by atomic mass is 9.67. The standard InChI is InChI=1S/C17H19N3/c1-2-17(8-5-9-17)12-19-16-14(11-18)10-13-6-3-4-7-15(13)20-16/h3-4,6-7,10H,2,5,8-9,12H2,1H3,(H,19,20). The van der Waals surface area contributed by atoms with Crippen LogP contribution in [0.1, 0.15) is 38.2 Å². The molecule has 20 heavy (non-hydrogen) atoms. The normalized spacial score (nSPS) is 16.4. The van der Waals surface area contributed by atoms with E-state index in [0.29, 0.717) is 11.0 Å². The van der Waals surface area contributed by atoms with Crippen LogP contribution in [0, 0.1) is 16.7 Å². The largest absolute Gasteiger partial charge is 0.368 e. The molecule has 1 aromatic heterocycles.